The highest BCUT2D eigenvalue weighted by atomic mass is 32.2. The molecule has 0 saturated heterocycles. The van der Waals surface area contributed by atoms with E-state index >= 15 is 0 Å². The Morgan fingerprint density at radius 2 is 1.49 bits per heavy atom. The lowest BCUT2D eigenvalue weighted by Gasteiger charge is -2.27. The molecule has 8 nitrogen and oxygen atoms in total. The van der Waals surface area contributed by atoms with Gasteiger partial charge >= 0.3 is 0 Å². The molecule has 3 aromatic rings. The van der Waals surface area contributed by atoms with E-state index in [0.717, 1.165) is 16.4 Å². The third-order valence-electron chi connectivity index (χ3n) is 5.22. The molecule has 11 heteroatoms. The lowest BCUT2D eigenvalue weighted by molar-refractivity contribution is -0.116. The van der Waals surface area contributed by atoms with E-state index in [1.54, 1.807) is 6.07 Å². The van der Waals surface area contributed by atoms with Crippen molar-refractivity contribution in [3.63, 3.8) is 0 Å². The third-order valence-corrected chi connectivity index (χ3v) is 6.96. The van der Waals surface area contributed by atoms with Crippen molar-refractivity contribution in [2.75, 3.05) is 32.2 Å². The molecule has 0 radical (unpaired) electrons. The van der Waals surface area contributed by atoms with Gasteiger partial charge in [0.05, 0.1) is 31.9 Å². The summed E-state index contributed by atoms with van der Waals surface area (Å²) in [5, 5.41) is 0. The molecule has 1 amide bonds. The molecule has 186 valence electrons. The first-order valence-corrected chi connectivity index (χ1v) is 11.7. The molecular formula is C24H24F2N2O6S. The van der Waals surface area contributed by atoms with Crippen LogP contribution in [0.1, 0.15) is 11.1 Å². The minimum absolute atomic E-state index is 0.0598. The number of anilines is 1. The third kappa shape index (κ3) is 5.29. The number of sulfonamides is 1. The van der Waals surface area contributed by atoms with Gasteiger partial charge in [-0.25, -0.2) is 17.2 Å². The van der Waals surface area contributed by atoms with Crippen LogP contribution in [0.5, 0.6) is 17.2 Å². The van der Waals surface area contributed by atoms with Crippen molar-refractivity contribution in [1.82, 2.24) is 0 Å². The van der Waals surface area contributed by atoms with Crippen molar-refractivity contribution >= 4 is 21.6 Å². The Kier molecular flexibility index (Phi) is 7.80. The van der Waals surface area contributed by atoms with Crippen LogP contribution in [0.15, 0.2) is 59.5 Å². The van der Waals surface area contributed by atoms with Gasteiger partial charge in [0.25, 0.3) is 10.0 Å². The van der Waals surface area contributed by atoms with Crippen LogP contribution >= 0.6 is 0 Å². The molecule has 0 aliphatic heterocycles. The molecule has 0 bridgehead atoms. The second-order valence-corrected chi connectivity index (χ2v) is 9.20. The molecule has 0 fully saturated rings. The fourth-order valence-electron chi connectivity index (χ4n) is 3.58. The number of nitrogens with two attached hydrogens (primary N) is 1. The summed E-state index contributed by atoms with van der Waals surface area (Å²) in [7, 11) is -0.400. The molecule has 0 atom stereocenters. The molecule has 0 aromatic heterocycles. The van der Waals surface area contributed by atoms with Crippen molar-refractivity contribution in [3.05, 3.63) is 77.4 Å². The number of rotatable bonds is 10. The number of hydrogen-bond acceptors (Lipinski definition) is 6. The van der Waals surface area contributed by atoms with E-state index in [2.05, 4.69) is 0 Å². The summed E-state index contributed by atoms with van der Waals surface area (Å²) in [5.74, 6) is -2.07. The molecule has 0 aliphatic rings. The van der Waals surface area contributed by atoms with Crippen molar-refractivity contribution in [2.45, 2.75) is 11.3 Å². The number of halogens is 2. The molecule has 0 spiro atoms. The quantitative estimate of drug-likeness (QED) is 0.452. The summed E-state index contributed by atoms with van der Waals surface area (Å²) < 4.78 is 72.8. The van der Waals surface area contributed by atoms with E-state index in [4.69, 9.17) is 19.9 Å². The molecule has 3 aromatic carbocycles. The molecule has 0 unspecified atom stereocenters. The van der Waals surface area contributed by atoms with E-state index in [-0.39, 0.29) is 39.6 Å². The van der Waals surface area contributed by atoms with Gasteiger partial charge in [0.15, 0.2) is 11.5 Å². The van der Waals surface area contributed by atoms with Crippen molar-refractivity contribution < 1.29 is 36.2 Å². The smallest absolute Gasteiger partial charge is 0.265 e. The van der Waals surface area contributed by atoms with Gasteiger partial charge in [-0.05, 0) is 35.9 Å². The summed E-state index contributed by atoms with van der Waals surface area (Å²) in [5.41, 5.74) is 5.24. The van der Waals surface area contributed by atoms with Gasteiger partial charge in [0.2, 0.25) is 5.91 Å². The Morgan fingerprint density at radius 1 is 0.886 bits per heavy atom. The highest BCUT2D eigenvalue weighted by Gasteiger charge is 2.32. The Hall–Kier alpha value is -3.86. The number of amides is 1. The number of para-hydroxylation sites is 1. The van der Waals surface area contributed by atoms with Crippen LogP contribution in [-0.4, -0.2) is 42.2 Å². The Bertz CT molecular complexity index is 1330. The number of carbonyl (C=O) groups is 1. The minimum Gasteiger partial charge on any atom is -0.495 e. The summed E-state index contributed by atoms with van der Waals surface area (Å²) in [6, 6.07) is 11.8. The Labute approximate surface area is 201 Å². The predicted octanol–water partition coefficient (Wildman–Crippen LogP) is 3.26. The van der Waals surface area contributed by atoms with Crippen molar-refractivity contribution in [3.8, 4) is 17.2 Å². The minimum atomic E-state index is -4.44. The van der Waals surface area contributed by atoms with Crippen LogP contribution < -0.4 is 24.2 Å². The molecule has 35 heavy (non-hydrogen) atoms. The van der Waals surface area contributed by atoms with E-state index in [9.17, 15) is 22.0 Å². The highest BCUT2D eigenvalue weighted by Crippen LogP contribution is 2.39. The van der Waals surface area contributed by atoms with Gasteiger partial charge in [0, 0.05) is 18.1 Å². The SMILES string of the molecule is COc1ccc(S(=O)(=O)N(CC(N)=O)c2c(Cc3c(F)cccc3F)cccc2OC)cc1OC. The summed E-state index contributed by atoms with van der Waals surface area (Å²) in [6.45, 7) is -0.760. The maximum atomic E-state index is 14.4. The molecule has 0 aliphatic carbocycles. The predicted molar refractivity (Wildman–Crippen MR) is 125 cm³/mol. The lowest BCUT2D eigenvalue weighted by Crippen LogP contribution is -2.39. The lowest BCUT2D eigenvalue weighted by atomic mass is 10.0. The van der Waals surface area contributed by atoms with E-state index in [1.807, 2.05) is 0 Å². The second-order valence-electron chi connectivity index (χ2n) is 7.34. The van der Waals surface area contributed by atoms with E-state index < -0.39 is 34.1 Å². The molecular weight excluding hydrogens is 482 g/mol. The molecule has 0 heterocycles. The van der Waals surface area contributed by atoms with E-state index in [0.29, 0.717) is 5.75 Å². The van der Waals surface area contributed by atoms with Crippen LogP contribution in [0.2, 0.25) is 0 Å². The summed E-state index contributed by atoms with van der Waals surface area (Å²) >= 11 is 0. The standard InChI is InChI=1S/C24H24F2N2O6S/c1-32-20-11-10-16(13-22(20)34-3)35(30,31)28(14-23(27)29)24-15(6-4-9-21(24)33-2)12-17-18(25)7-5-8-19(17)26/h4-11,13H,12,14H2,1-3H3,(H2,27,29). The van der Waals surface area contributed by atoms with Gasteiger partial charge in [0.1, 0.15) is 23.9 Å². The number of ether oxygens (including phenoxy) is 3. The van der Waals surface area contributed by atoms with E-state index in [1.165, 1.54) is 57.7 Å². The second kappa shape index (κ2) is 10.6. The zero-order valence-corrected chi connectivity index (χ0v) is 20.1. The first kappa shape index (κ1) is 25.8. The number of methoxy groups -OCH3 is 3. The average molecular weight is 507 g/mol. The fraction of sp³-hybridized carbons (Fsp3) is 0.208. The van der Waals surface area contributed by atoms with Gasteiger partial charge in [-0.3, -0.25) is 9.10 Å². The Morgan fingerprint density at radius 3 is 2.06 bits per heavy atom. The van der Waals surface area contributed by atoms with Gasteiger partial charge in [-0.2, -0.15) is 0 Å². The van der Waals surface area contributed by atoms with Crippen LogP contribution in [0.4, 0.5) is 14.5 Å². The van der Waals surface area contributed by atoms with Crippen LogP contribution in [0.25, 0.3) is 0 Å². The zero-order chi connectivity index (χ0) is 25.8. The molecule has 3 rings (SSSR count). The zero-order valence-electron chi connectivity index (χ0n) is 19.2. The van der Waals surface area contributed by atoms with Gasteiger partial charge in [-0.15, -0.1) is 0 Å². The van der Waals surface area contributed by atoms with Gasteiger partial charge in [-0.1, -0.05) is 18.2 Å². The van der Waals surface area contributed by atoms with Crippen molar-refractivity contribution in [1.29, 1.82) is 0 Å². The molecule has 0 saturated carbocycles. The number of primary amides is 1. The number of benzene rings is 3. The summed E-state index contributed by atoms with van der Waals surface area (Å²) in [4.78, 5) is 11.7. The Balaban J connectivity index is 2.24. The van der Waals surface area contributed by atoms with Crippen molar-refractivity contribution in [2.24, 2.45) is 5.73 Å². The number of nitrogens with zero attached hydrogens (tertiary/aromatic N) is 1. The highest BCUT2D eigenvalue weighted by molar-refractivity contribution is 7.92. The first-order valence-electron chi connectivity index (χ1n) is 10.3. The number of hydrogen-bond donors (Lipinski definition) is 1. The fourth-order valence-corrected chi connectivity index (χ4v) is 5.08. The van der Waals surface area contributed by atoms with Gasteiger partial charge < -0.3 is 19.9 Å². The monoisotopic (exact) mass is 506 g/mol. The van der Waals surface area contributed by atoms with Crippen LogP contribution in [0.3, 0.4) is 0 Å². The maximum absolute atomic E-state index is 14.4. The van der Waals surface area contributed by atoms with Crippen LogP contribution in [-0.2, 0) is 21.2 Å². The number of carbonyl (C=O) groups excluding carboxylic acids is 1. The maximum Gasteiger partial charge on any atom is 0.265 e. The largest absolute Gasteiger partial charge is 0.495 e. The topological polar surface area (TPSA) is 108 Å². The normalized spacial score (nSPS) is 11.1. The summed E-state index contributed by atoms with van der Waals surface area (Å²) in [6.07, 6.45) is -0.318. The van der Waals surface area contributed by atoms with Crippen LogP contribution in [0, 0.1) is 11.6 Å². The first-order chi connectivity index (χ1) is 16.6. The molecule has 2 N–H and O–H groups in total. The average Bonchev–Trinajstić information content (AvgIpc) is 2.84.